The molecule has 0 fully saturated rings. The van der Waals surface area contributed by atoms with E-state index in [0.717, 1.165) is 0 Å². The molecule has 1 unspecified atom stereocenters. The van der Waals surface area contributed by atoms with Gasteiger partial charge in [0.2, 0.25) is 11.8 Å². The third kappa shape index (κ3) is 4.87. The Morgan fingerprint density at radius 3 is 2.05 bits per heavy atom. The molecule has 6 heteroatoms. The van der Waals surface area contributed by atoms with Gasteiger partial charge in [-0.25, -0.2) is 4.79 Å². The zero-order valence-corrected chi connectivity index (χ0v) is 13.2. The minimum Gasteiger partial charge on any atom is -0.479 e. The van der Waals surface area contributed by atoms with Gasteiger partial charge in [0, 0.05) is 5.41 Å². The van der Waals surface area contributed by atoms with Crippen LogP contribution in [0.25, 0.3) is 0 Å². The SMILES string of the molecule is CC(NC(=O)C(C)(C)C)C(=O)N[C@H](C(=O)O)c1ccccc1. The normalized spacial score (nSPS) is 13.8. The van der Waals surface area contributed by atoms with Crippen LogP contribution in [0.3, 0.4) is 0 Å². The van der Waals surface area contributed by atoms with Gasteiger partial charge in [-0.15, -0.1) is 0 Å². The summed E-state index contributed by atoms with van der Waals surface area (Å²) < 4.78 is 0. The minimum absolute atomic E-state index is 0.276. The Morgan fingerprint density at radius 1 is 1.05 bits per heavy atom. The predicted molar refractivity (Wildman–Crippen MR) is 82.0 cm³/mol. The number of aliphatic carboxylic acids is 1. The van der Waals surface area contributed by atoms with Crippen LogP contribution in [0.2, 0.25) is 0 Å². The van der Waals surface area contributed by atoms with Gasteiger partial charge in [0.1, 0.15) is 6.04 Å². The van der Waals surface area contributed by atoms with Crippen LogP contribution in [0.15, 0.2) is 30.3 Å². The second-order valence-corrected chi connectivity index (χ2v) is 6.14. The number of carboxylic acids is 1. The highest BCUT2D eigenvalue weighted by atomic mass is 16.4. The summed E-state index contributed by atoms with van der Waals surface area (Å²) in [4.78, 5) is 35.3. The molecule has 0 spiro atoms. The number of amides is 2. The van der Waals surface area contributed by atoms with Crippen LogP contribution in [-0.2, 0) is 14.4 Å². The number of hydrogen-bond acceptors (Lipinski definition) is 3. The summed E-state index contributed by atoms with van der Waals surface area (Å²) in [6, 6.07) is 6.43. The van der Waals surface area contributed by atoms with Gasteiger partial charge in [-0.3, -0.25) is 9.59 Å². The Labute approximate surface area is 129 Å². The van der Waals surface area contributed by atoms with E-state index in [1.165, 1.54) is 6.92 Å². The molecular weight excluding hydrogens is 284 g/mol. The molecule has 0 saturated carbocycles. The molecule has 1 rings (SSSR count). The number of carbonyl (C=O) groups excluding carboxylic acids is 2. The van der Waals surface area contributed by atoms with E-state index >= 15 is 0 Å². The molecule has 0 radical (unpaired) electrons. The number of nitrogens with one attached hydrogen (secondary N) is 2. The van der Waals surface area contributed by atoms with Crippen molar-refractivity contribution in [1.29, 1.82) is 0 Å². The number of rotatable bonds is 5. The van der Waals surface area contributed by atoms with E-state index in [2.05, 4.69) is 10.6 Å². The summed E-state index contributed by atoms with van der Waals surface area (Å²) in [5, 5.41) is 14.3. The van der Waals surface area contributed by atoms with Crippen molar-refractivity contribution in [2.75, 3.05) is 0 Å². The topological polar surface area (TPSA) is 95.5 Å². The minimum atomic E-state index is -1.16. The molecule has 1 aromatic carbocycles. The second-order valence-electron chi connectivity index (χ2n) is 6.14. The van der Waals surface area contributed by atoms with E-state index in [4.69, 9.17) is 0 Å². The lowest BCUT2D eigenvalue weighted by Crippen LogP contribution is -2.49. The monoisotopic (exact) mass is 306 g/mol. The average molecular weight is 306 g/mol. The lowest BCUT2D eigenvalue weighted by atomic mass is 9.95. The summed E-state index contributed by atoms with van der Waals surface area (Å²) in [6.07, 6.45) is 0. The highest BCUT2D eigenvalue weighted by molar-refractivity contribution is 5.91. The maximum atomic E-state index is 12.1. The molecule has 1 aromatic rings. The number of hydrogen-bond donors (Lipinski definition) is 3. The van der Waals surface area contributed by atoms with Crippen LogP contribution < -0.4 is 10.6 Å². The standard InChI is InChI=1S/C16H22N2O4/c1-10(17-15(22)16(2,3)4)13(19)18-12(14(20)21)11-8-6-5-7-9-11/h5-10,12H,1-4H3,(H,17,22)(H,18,19)(H,20,21)/t10?,12-/m0/s1. The summed E-state index contributed by atoms with van der Waals surface area (Å²) in [6.45, 7) is 6.72. The summed E-state index contributed by atoms with van der Waals surface area (Å²) >= 11 is 0. The molecule has 2 atom stereocenters. The summed E-state index contributed by atoms with van der Waals surface area (Å²) in [5.74, 6) is -1.98. The third-order valence-corrected chi connectivity index (χ3v) is 3.09. The predicted octanol–water partition coefficient (Wildman–Crippen LogP) is 1.48. The third-order valence-electron chi connectivity index (χ3n) is 3.09. The van der Waals surface area contributed by atoms with Crippen LogP contribution in [0.1, 0.15) is 39.3 Å². The van der Waals surface area contributed by atoms with Gasteiger partial charge in [0.05, 0.1) is 0 Å². The number of carbonyl (C=O) groups is 3. The fraction of sp³-hybridized carbons (Fsp3) is 0.438. The van der Waals surface area contributed by atoms with E-state index in [1.807, 2.05) is 0 Å². The van der Waals surface area contributed by atoms with E-state index in [1.54, 1.807) is 51.1 Å². The van der Waals surface area contributed by atoms with Crippen molar-refractivity contribution in [2.24, 2.45) is 5.41 Å². The van der Waals surface area contributed by atoms with Gasteiger partial charge < -0.3 is 15.7 Å². The Morgan fingerprint density at radius 2 is 1.59 bits per heavy atom. The van der Waals surface area contributed by atoms with Crippen molar-refractivity contribution < 1.29 is 19.5 Å². The molecule has 6 nitrogen and oxygen atoms in total. The van der Waals surface area contributed by atoms with Gasteiger partial charge in [-0.1, -0.05) is 51.1 Å². The van der Waals surface area contributed by atoms with Crippen molar-refractivity contribution in [3.63, 3.8) is 0 Å². The Bertz CT molecular complexity index is 549. The van der Waals surface area contributed by atoms with Gasteiger partial charge in [-0.2, -0.15) is 0 Å². The molecule has 0 aliphatic rings. The second kappa shape index (κ2) is 7.06. The zero-order valence-electron chi connectivity index (χ0n) is 13.2. The fourth-order valence-corrected chi connectivity index (χ4v) is 1.68. The average Bonchev–Trinajstić information content (AvgIpc) is 2.43. The quantitative estimate of drug-likeness (QED) is 0.768. The molecule has 0 aliphatic carbocycles. The molecule has 0 heterocycles. The van der Waals surface area contributed by atoms with Gasteiger partial charge in [-0.05, 0) is 12.5 Å². The smallest absolute Gasteiger partial charge is 0.330 e. The first kappa shape index (κ1) is 17.7. The molecule has 0 aromatic heterocycles. The summed E-state index contributed by atoms with van der Waals surface area (Å²) in [5.41, 5.74) is -0.155. The fourth-order valence-electron chi connectivity index (χ4n) is 1.68. The molecule has 0 aliphatic heterocycles. The van der Waals surface area contributed by atoms with Crippen molar-refractivity contribution in [1.82, 2.24) is 10.6 Å². The zero-order chi connectivity index (χ0) is 16.9. The lowest BCUT2D eigenvalue weighted by Gasteiger charge is -2.23. The Kier molecular flexibility index (Phi) is 5.68. The van der Waals surface area contributed by atoms with Crippen molar-refractivity contribution >= 4 is 17.8 Å². The number of benzene rings is 1. The molecule has 22 heavy (non-hydrogen) atoms. The van der Waals surface area contributed by atoms with Crippen LogP contribution in [0.4, 0.5) is 0 Å². The maximum Gasteiger partial charge on any atom is 0.330 e. The van der Waals surface area contributed by atoms with E-state index in [0.29, 0.717) is 5.56 Å². The first-order chi connectivity index (χ1) is 10.1. The molecule has 0 saturated heterocycles. The van der Waals surface area contributed by atoms with Crippen molar-refractivity contribution in [3.8, 4) is 0 Å². The first-order valence-electron chi connectivity index (χ1n) is 7.02. The molecule has 120 valence electrons. The van der Waals surface area contributed by atoms with Crippen LogP contribution in [0.5, 0.6) is 0 Å². The first-order valence-corrected chi connectivity index (χ1v) is 7.02. The van der Waals surface area contributed by atoms with Gasteiger partial charge >= 0.3 is 5.97 Å². The van der Waals surface area contributed by atoms with Crippen LogP contribution >= 0.6 is 0 Å². The molecular formula is C16H22N2O4. The molecule has 2 amide bonds. The van der Waals surface area contributed by atoms with Crippen LogP contribution in [-0.4, -0.2) is 28.9 Å². The van der Waals surface area contributed by atoms with Crippen molar-refractivity contribution in [2.45, 2.75) is 39.8 Å². The highest BCUT2D eigenvalue weighted by Gasteiger charge is 2.28. The van der Waals surface area contributed by atoms with Crippen molar-refractivity contribution in [3.05, 3.63) is 35.9 Å². The number of carboxylic acid groups (broad SMARTS) is 1. The van der Waals surface area contributed by atoms with E-state index in [9.17, 15) is 19.5 Å². The highest BCUT2D eigenvalue weighted by Crippen LogP contribution is 2.14. The van der Waals surface area contributed by atoms with Gasteiger partial charge in [0.15, 0.2) is 6.04 Å². The largest absolute Gasteiger partial charge is 0.479 e. The van der Waals surface area contributed by atoms with E-state index < -0.39 is 29.4 Å². The maximum absolute atomic E-state index is 12.1. The van der Waals surface area contributed by atoms with Crippen LogP contribution in [0, 0.1) is 5.41 Å². The van der Waals surface area contributed by atoms with E-state index in [-0.39, 0.29) is 5.91 Å². The molecule has 3 N–H and O–H groups in total. The molecule has 0 bridgehead atoms. The summed E-state index contributed by atoms with van der Waals surface area (Å²) in [7, 11) is 0. The Balaban J connectivity index is 2.76. The Hall–Kier alpha value is -2.37. The van der Waals surface area contributed by atoms with Gasteiger partial charge in [0.25, 0.3) is 0 Å². The lowest BCUT2D eigenvalue weighted by molar-refractivity contribution is -0.142.